The molecule has 0 N–H and O–H groups in total. The van der Waals surface area contributed by atoms with Gasteiger partial charge >= 0.3 is 0 Å². The zero-order chi connectivity index (χ0) is 21.8. The van der Waals surface area contributed by atoms with E-state index < -0.39 is 7.26 Å². The predicted octanol–water partition coefficient (Wildman–Crippen LogP) is 8.39. The standard InChI is InChI=1S/C29H42OP/c1-22(2)30-27-20-13-14-23(3)29(27)26-19-11-12-21-28(26)31(4,24-15-7-5-8-16-24)25-17-9-6-10-18-25/h11-14,19-22,24-25H,5-10,15-18H2,1-4H3/q+1. The average Bonchev–Trinajstić information content (AvgIpc) is 2.79. The predicted molar refractivity (Wildman–Crippen MR) is 139 cm³/mol. The third kappa shape index (κ3) is 4.73. The molecule has 168 valence electrons. The van der Waals surface area contributed by atoms with E-state index in [4.69, 9.17) is 4.74 Å². The Bertz CT molecular complexity index is 841. The topological polar surface area (TPSA) is 9.23 Å². The van der Waals surface area contributed by atoms with E-state index in [0.29, 0.717) is 0 Å². The number of hydrogen-bond donors (Lipinski definition) is 0. The molecule has 0 saturated heterocycles. The van der Waals surface area contributed by atoms with Crippen LogP contribution in [0.25, 0.3) is 11.1 Å². The summed E-state index contributed by atoms with van der Waals surface area (Å²) in [6.07, 6.45) is 14.6. The first-order chi connectivity index (χ1) is 15.0. The molecule has 0 radical (unpaired) electrons. The molecule has 2 saturated carbocycles. The Morgan fingerprint density at radius 3 is 1.94 bits per heavy atom. The van der Waals surface area contributed by atoms with Gasteiger partial charge in [0.1, 0.15) is 11.1 Å². The molecule has 0 unspecified atom stereocenters. The monoisotopic (exact) mass is 437 g/mol. The van der Waals surface area contributed by atoms with Crippen LogP contribution in [0.5, 0.6) is 5.75 Å². The quantitative estimate of drug-likeness (QED) is 0.412. The molecule has 2 aliphatic carbocycles. The highest BCUT2D eigenvalue weighted by Crippen LogP contribution is 2.69. The van der Waals surface area contributed by atoms with Gasteiger partial charge in [0, 0.05) is 11.1 Å². The molecule has 0 aromatic heterocycles. The smallest absolute Gasteiger partial charge is 0.127 e. The Hall–Kier alpha value is -1.33. The molecule has 2 aromatic carbocycles. The van der Waals surface area contributed by atoms with Crippen molar-refractivity contribution in [2.75, 3.05) is 6.66 Å². The second-order valence-corrected chi connectivity index (χ2v) is 14.6. The SMILES string of the molecule is Cc1cccc(OC(C)C)c1-c1ccccc1[P+](C)(C1CCCCC1)C1CCCCC1. The van der Waals surface area contributed by atoms with E-state index in [-0.39, 0.29) is 6.10 Å². The number of hydrogen-bond acceptors (Lipinski definition) is 1. The number of aryl methyl sites for hydroxylation is 1. The fourth-order valence-electron chi connectivity index (χ4n) is 6.37. The second kappa shape index (κ2) is 10.1. The number of rotatable bonds is 6. The number of benzene rings is 2. The Balaban J connectivity index is 1.87. The van der Waals surface area contributed by atoms with Gasteiger partial charge in [-0.3, -0.25) is 0 Å². The summed E-state index contributed by atoms with van der Waals surface area (Å²) in [5.41, 5.74) is 5.95. The Kier molecular flexibility index (Phi) is 7.43. The van der Waals surface area contributed by atoms with Crippen LogP contribution >= 0.6 is 7.26 Å². The second-order valence-electron chi connectivity index (χ2n) is 10.4. The van der Waals surface area contributed by atoms with Gasteiger partial charge in [-0.1, -0.05) is 43.2 Å². The molecule has 1 nitrogen and oxygen atoms in total. The summed E-state index contributed by atoms with van der Waals surface area (Å²) in [7, 11) is -1.31. The van der Waals surface area contributed by atoms with Crippen molar-refractivity contribution in [3.8, 4) is 16.9 Å². The van der Waals surface area contributed by atoms with Crippen molar-refractivity contribution in [2.24, 2.45) is 0 Å². The summed E-state index contributed by atoms with van der Waals surface area (Å²) in [6.45, 7) is 9.29. The average molecular weight is 438 g/mol. The van der Waals surface area contributed by atoms with Gasteiger partial charge in [0.2, 0.25) is 0 Å². The molecule has 0 aliphatic heterocycles. The van der Waals surface area contributed by atoms with Gasteiger partial charge in [0.25, 0.3) is 0 Å². The lowest BCUT2D eigenvalue weighted by molar-refractivity contribution is 0.243. The zero-order valence-electron chi connectivity index (χ0n) is 20.2. The Morgan fingerprint density at radius 1 is 0.774 bits per heavy atom. The van der Waals surface area contributed by atoms with Crippen LogP contribution in [0.4, 0.5) is 0 Å². The van der Waals surface area contributed by atoms with Crippen LogP contribution in [0.1, 0.15) is 83.6 Å². The molecule has 0 spiro atoms. The van der Waals surface area contributed by atoms with Crippen molar-refractivity contribution in [1.82, 2.24) is 0 Å². The van der Waals surface area contributed by atoms with Crippen LogP contribution < -0.4 is 10.0 Å². The molecule has 31 heavy (non-hydrogen) atoms. The Morgan fingerprint density at radius 2 is 1.35 bits per heavy atom. The fourth-order valence-corrected chi connectivity index (χ4v) is 11.7. The highest BCUT2D eigenvalue weighted by molar-refractivity contribution is 7.83. The molecule has 2 heteroatoms. The normalized spacial score (nSPS) is 19.0. The minimum Gasteiger partial charge on any atom is -0.490 e. The van der Waals surface area contributed by atoms with E-state index in [0.717, 1.165) is 17.1 Å². The van der Waals surface area contributed by atoms with Crippen molar-refractivity contribution in [2.45, 2.75) is 102 Å². The van der Waals surface area contributed by atoms with Gasteiger partial charge in [0.15, 0.2) is 0 Å². The first-order valence-electron chi connectivity index (χ1n) is 12.7. The van der Waals surface area contributed by atoms with E-state index in [2.05, 4.69) is 69.9 Å². The van der Waals surface area contributed by atoms with Gasteiger partial charge in [-0.15, -0.1) is 0 Å². The van der Waals surface area contributed by atoms with Crippen LogP contribution in [0.2, 0.25) is 0 Å². The molecule has 0 amide bonds. The largest absolute Gasteiger partial charge is 0.490 e. The van der Waals surface area contributed by atoms with Crippen LogP contribution in [-0.2, 0) is 0 Å². The molecular weight excluding hydrogens is 395 g/mol. The highest BCUT2D eigenvalue weighted by Gasteiger charge is 2.51. The van der Waals surface area contributed by atoms with Crippen molar-refractivity contribution < 1.29 is 4.74 Å². The fraction of sp³-hybridized carbons (Fsp3) is 0.586. The minimum absolute atomic E-state index is 0.186. The van der Waals surface area contributed by atoms with Crippen molar-refractivity contribution in [3.05, 3.63) is 48.0 Å². The van der Waals surface area contributed by atoms with Gasteiger partial charge < -0.3 is 4.74 Å². The lowest BCUT2D eigenvalue weighted by atomic mass is 9.99. The van der Waals surface area contributed by atoms with Crippen LogP contribution in [0.3, 0.4) is 0 Å². The summed E-state index contributed by atoms with van der Waals surface area (Å²) in [6, 6.07) is 16.1. The minimum atomic E-state index is -1.31. The maximum absolute atomic E-state index is 6.35. The van der Waals surface area contributed by atoms with Crippen LogP contribution in [0, 0.1) is 6.92 Å². The molecule has 4 rings (SSSR count). The highest BCUT2D eigenvalue weighted by atomic mass is 31.2. The van der Waals surface area contributed by atoms with Crippen molar-refractivity contribution in [3.63, 3.8) is 0 Å². The van der Waals surface area contributed by atoms with E-state index in [9.17, 15) is 0 Å². The zero-order valence-corrected chi connectivity index (χ0v) is 21.1. The van der Waals surface area contributed by atoms with Gasteiger partial charge in [-0.25, -0.2) is 0 Å². The summed E-state index contributed by atoms with van der Waals surface area (Å²) in [5, 5.41) is 1.69. The van der Waals surface area contributed by atoms with Gasteiger partial charge in [-0.05, 0) is 89.8 Å². The van der Waals surface area contributed by atoms with E-state index in [1.54, 1.807) is 5.30 Å². The van der Waals surface area contributed by atoms with Gasteiger partial charge in [-0.2, -0.15) is 0 Å². The third-order valence-corrected chi connectivity index (χ3v) is 13.5. The van der Waals surface area contributed by atoms with Gasteiger partial charge in [0.05, 0.1) is 31.3 Å². The van der Waals surface area contributed by atoms with Crippen LogP contribution in [-0.4, -0.2) is 24.1 Å². The third-order valence-electron chi connectivity index (χ3n) is 7.96. The molecule has 2 aliphatic rings. The maximum atomic E-state index is 6.35. The maximum Gasteiger partial charge on any atom is 0.127 e. The molecule has 0 heterocycles. The van der Waals surface area contributed by atoms with Crippen LogP contribution in [0.15, 0.2) is 42.5 Å². The van der Waals surface area contributed by atoms with E-state index in [1.807, 2.05) is 0 Å². The first-order valence-corrected chi connectivity index (χ1v) is 15.1. The molecule has 2 aromatic rings. The molecule has 0 bridgehead atoms. The van der Waals surface area contributed by atoms with Crippen molar-refractivity contribution >= 4 is 12.6 Å². The van der Waals surface area contributed by atoms with Crippen molar-refractivity contribution in [1.29, 1.82) is 0 Å². The lowest BCUT2D eigenvalue weighted by Crippen LogP contribution is -2.34. The van der Waals surface area contributed by atoms with E-state index in [1.165, 1.54) is 80.9 Å². The molecular formula is C29H42OP+. The number of ether oxygens (including phenoxy) is 1. The molecule has 2 fully saturated rings. The van der Waals surface area contributed by atoms with E-state index >= 15 is 0 Å². The summed E-state index contributed by atoms with van der Waals surface area (Å²) < 4.78 is 6.35. The summed E-state index contributed by atoms with van der Waals surface area (Å²) >= 11 is 0. The lowest BCUT2D eigenvalue weighted by Gasteiger charge is -2.42. The summed E-state index contributed by atoms with van der Waals surface area (Å²) in [4.78, 5) is 0. The summed E-state index contributed by atoms with van der Waals surface area (Å²) in [5.74, 6) is 1.06. The molecule has 0 atom stereocenters. The first kappa shape index (κ1) is 22.8. The Labute approximate surface area is 191 Å².